The summed E-state index contributed by atoms with van der Waals surface area (Å²) in [5.41, 5.74) is 0.225. The van der Waals surface area contributed by atoms with E-state index in [1.54, 1.807) is 8.61 Å². The summed E-state index contributed by atoms with van der Waals surface area (Å²) < 4.78 is 28.5. The Bertz CT molecular complexity index is 403. The average molecular weight is 310 g/mol. The lowest BCUT2D eigenvalue weighted by Gasteiger charge is -2.31. The molecule has 0 amide bonds. The monoisotopic (exact) mass is 309 g/mol. The fourth-order valence-corrected chi connectivity index (χ4v) is 5.30. The second-order valence-corrected chi connectivity index (χ2v) is 7.91. The molecule has 1 spiro atoms. The van der Waals surface area contributed by atoms with E-state index in [2.05, 4.69) is 5.32 Å². The normalized spacial score (nSPS) is 33.7. The van der Waals surface area contributed by atoms with Crippen LogP contribution in [0.25, 0.3) is 0 Å². The molecule has 112 valence electrons. The molecule has 0 aliphatic carbocycles. The van der Waals surface area contributed by atoms with Crippen LogP contribution in [0.2, 0.25) is 0 Å². The second-order valence-electron chi connectivity index (χ2n) is 5.98. The maximum atomic E-state index is 12.6. The molecule has 5 nitrogen and oxygen atoms in total. The Morgan fingerprint density at radius 1 is 0.947 bits per heavy atom. The Hall–Kier alpha value is 0.120. The summed E-state index contributed by atoms with van der Waals surface area (Å²) in [6, 6.07) is 0. The smallest absolute Gasteiger partial charge is 0.281 e. The van der Waals surface area contributed by atoms with Crippen LogP contribution >= 0.6 is 12.4 Å². The number of halogens is 1. The van der Waals surface area contributed by atoms with Gasteiger partial charge >= 0.3 is 0 Å². The number of rotatable bonds is 2. The number of hydrogen-bond donors (Lipinski definition) is 1. The van der Waals surface area contributed by atoms with Crippen LogP contribution in [0.3, 0.4) is 0 Å². The Morgan fingerprint density at radius 2 is 1.68 bits per heavy atom. The standard InChI is InChI=1S/C12H23N3O2S.ClH/c16-18(17,14-7-2-1-3-8-14)15-9-5-12(11-15)4-6-13-10-12;/h13H,1-11H2;1H. The van der Waals surface area contributed by atoms with Gasteiger partial charge in [0.2, 0.25) is 0 Å². The van der Waals surface area contributed by atoms with Crippen LogP contribution in [-0.4, -0.2) is 56.3 Å². The predicted molar refractivity (Wildman–Crippen MR) is 77.7 cm³/mol. The van der Waals surface area contributed by atoms with Gasteiger partial charge in [0, 0.05) is 32.7 Å². The van der Waals surface area contributed by atoms with Gasteiger partial charge in [-0.05, 0) is 37.6 Å². The molecule has 3 heterocycles. The first-order valence-electron chi connectivity index (χ1n) is 7.08. The van der Waals surface area contributed by atoms with Crippen LogP contribution in [-0.2, 0) is 10.2 Å². The summed E-state index contributed by atoms with van der Waals surface area (Å²) in [5.74, 6) is 0. The van der Waals surface area contributed by atoms with Gasteiger partial charge in [-0.3, -0.25) is 0 Å². The third-order valence-electron chi connectivity index (χ3n) is 4.70. The SMILES string of the molecule is Cl.O=S(=O)(N1CCCCC1)N1CCC2(CCNC2)C1. The quantitative estimate of drug-likeness (QED) is 0.822. The first kappa shape index (κ1) is 15.5. The summed E-state index contributed by atoms with van der Waals surface area (Å²) >= 11 is 0. The van der Waals surface area contributed by atoms with Crippen LogP contribution in [0.15, 0.2) is 0 Å². The highest BCUT2D eigenvalue weighted by molar-refractivity contribution is 7.86. The van der Waals surface area contributed by atoms with Gasteiger partial charge in [0.25, 0.3) is 10.2 Å². The van der Waals surface area contributed by atoms with Crippen LogP contribution in [0.5, 0.6) is 0 Å². The van der Waals surface area contributed by atoms with E-state index in [1.165, 1.54) is 6.42 Å². The summed E-state index contributed by atoms with van der Waals surface area (Å²) in [6.45, 7) is 4.88. The molecule has 3 saturated heterocycles. The summed E-state index contributed by atoms with van der Waals surface area (Å²) in [4.78, 5) is 0. The van der Waals surface area contributed by atoms with Crippen molar-refractivity contribution in [1.82, 2.24) is 13.9 Å². The fourth-order valence-electron chi connectivity index (χ4n) is 3.49. The molecule has 1 atom stereocenters. The van der Waals surface area contributed by atoms with E-state index in [-0.39, 0.29) is 17.8 Å². The summed E-state index contributed by atoms with van der Waals surface area (Å²) in [7, 11) is -3.19. The van der Waals surface area contributed by atoms with Crippen molar-refractivity contribution in [2.45, 2.75) is 32.1 Å². The number of piperidine rings is 1. The largest absolute Gasteiger partial charge is 0.316 e. The van der Waals surface area contributed by atoms with E-state index in [1.807, 2.05) is 0 Å². The van der Waals surface area contributed by atoms with Gasteiger partial charge in [0.1, 0.15) is 0 Å². The van der Waals surface area contributed by atoms with Gasteiger partial charge in [-0.2, -0.15) is 17.0 Å². The number of hydrogen-bond acceptors (Lipinski definition) is 3. The molecule has 1 N–H and O–H groups in total. The minimum Gasteiger partial charge on any atom is -0.316 e. The first-order chi connectivity index (χ1) is 8.62. The molecule has 19 heavy (non-hydrogen) atoms. The minimum absolute atomic E-state index is 0. The molecule has 0 radical (unpaired) electrons. The summed E-state index contributed by atoms with van der Waals surface area (Å²) in [5, 5.41) is 3.37. The second kappa shape index (κ2) is 5.85. The number of nitrogens with one attached hydrogen (secondary N) is 1. The molecule has 0 saturated carbocycles. The zero-order chi connectivity index (χ0) is 12.6. The van der Waals surface area contributed by atoms with Crippen molar-refractivity contribution < 1.29 is 8.42 Å². The van der Waals surface area contributed by atoms with E-state index in [9.17, 15) is 8.42 Å². The zero-order valence-electron chi connectivity index (χ0n) is 11.3. The molecule has 0 aromatic heterocycles. The summed E-state index contributed by atoms with van der Waals surface area (Å²) in [6.07, 6.45) is 5.34. The lowest BCUT2D eigenvalue weighted by molar-refractivity contribution is 0.297. The van der Waals surface area contributed by atoms with Crippen molar-refractivity contribution in [2.75, 3.05) is 39.3 Å². The van der Waals surface area contributed by atoms with Crippen molar-refractivity contribution in [3.63, 3.8) is 0 Å². The van der Waals surface area contributed by atoms with Crippen molar-refractivity contribution in [3.05, 3.63) is 0 Å². The molecule has 3 fully saturated rings. The van der Waals surface area contributed by atoms with E-state index < -0.39 is 10.2 Å². The van der Waals surface area contributed by atoms with Crippen LogP contribution in [0.1, 0.15) is 32.1 Å². The molecule has 7 heteroatoms. The van der Waals surface area contributed by atoms with Crippen LogP contribution in [0, 0.1) is 5.41 Å². The Kier molecular flexibility index (Phi) is 4.78. The van der Waals surface area contributed by atoms with Gasteiger partial charge in [-0.25, -0.2) is 0 Å². The molecular weight excluding hydrogens is 286 g/mol. The van der Waals surface area contributed by atoms with E-state index in [0.29, 0.717) is 19.6 Å². The van der Waals surface area contributed by atoms with Crippen molar-refractivity contribution in [1.29, 1.82) is 0 Å². The molecule has 3 rings (SSSR count). The van der Waals surface area contributed by atoms with Gasteiger partial charge < -0.3 is 5.32 Å². The van der Waals surface area contributed by atoms with Crippen LogP contribution in [0.4, 0.5) is 0 Å². The predicted octanol–water partition coefficient (Wildman–Crippen LogP) is 0.824. The Labute approximate surface area is 122 Å². The van der Waals surface area contributed by atoms with Gasteiger partial charge in [-0.15, -0.1) is 12.4 Å². The maximum absolute atomic E-state index is 12.6. The molecule has 0 aromatic rings. The van der Waals surface area contributed by atoms with Gasteiger partial charge in [0.05, 0.1) is 0 Å². The van der Waals surface area contributed by atoms with E-state index in [4.69, 9.17) is 0 Å². The molecule has 0 bridgehead atoms. The Balaban J connectivity index is 0.00000133. The molecule has 0 aromatic carbocycles. The Morgan fingerprint density at radius 3 is 2.32 bits per heavy atom. The third kappa shape index (κ3) is 2.93. The lowest BCUT2D eigenvalue weighted by Crippen LogP contribution is -2.45. The first-order valence-corrected chi connectivity index (χ1v) is 8.48. The molecular formula is C12H24ClN3O2S. The van der Waals surface area contributed by atoms with E-state index in [0.717, 1.165) is 45.3 Å². The topological polar surface area (TPSA) is 52.7 Å². The fraction of sp³-hybridized carbons (Fsp3) is 1.00. The highest BCUT2D eigenvalue weighted by Gasteiger charge is 2.45. The van der Waals surface area contributed by atoms with E-state index >= 15 is 0 Å². The van der Waals surface area contributed by atoms with Crippen LogP contribution < -0.4 is 5.32 Å². The van der Waals surface area contributed by atoms with Crippen molar-refractivity contribution in [3.8, 4) is 0 Å². The van der Waals surface area contributed by atoms with Gasteiger partial charge in [0.15, 0.2) is 0 Å². The number of nitrogens with zero attached hydrogens (tertiary/aromatic N) is 2. The minimum atomic E-state index is -3.19. The molecule has 3 aliphatic rings. The van der Waals surface area contributed by atoms with Crippen molar-refractivity contribution in [2.24, 2.45) is 5.41 Å². The van der Waals surface area contributed by atoms with Crippen molar-refractivity contribution >= 4 is 22.6 Å². The zero-order valence-corrected chi connectivity index (χ0v) is 12.9. The highest BCUT2D eigenvalue weighted by Crippen LogP contribution is 2.37. The molecule has 1 unspecified atom stereocenters. The molecule has 3 aliphatic heterocycles. The average Bonchev–Trinajstić information content (AvgIpc) is 3.02. The maximum Gasteiger partial charge on any atom is 0.281 e. The van der Waals surface area contributed by atoms with Gasteiger partial charge in [-0.1, -0.05) is 6.42 Å². The third-order valence-corrected chi connectivity index (χ3v) is 6.68. The highest BCUT2D eigenvalue weighted by atomic mass is 35.5. The lowest BCUT2D eigenvalue weighted by atomic mass is 9.87.